The van der Waals surface area contributed by atoms with Crippen LogP contribution in [0.5, 0.6) is 0 Å². The van der Waals surface area contributed by atoms with Crippen LogP contribution in [0.25, 0.3) is 11.0 Å². The molecule has 3 N–H and O–H groups in total. The molecule has 0 aliphatic carbocycles. The first kappa shape index (κ1) is 6.49. The van der Waals surface area contributed by atoms with Gasteiger partial charge >= 0.3 is 0 Å². The molecule has 0 saturated heterocycles. The van der Waals surface area contributed by atoms with Crippen LogP contribution in [0.4, 0.5) is 5.82 Å². The number of nitrogens with two attached hydrogens (primary N) is 1. The van der Waals surface area contributed by atoms with Gasteiger partial charge in [0.2, 0.25) is 0 Å². The van der Waals surface area contributed by atoms with E-state index in [0.29, 0.717) is 11.5 Å². The molecule has 2 aromatic rings. The Morgan fingerprint density at radius 1 is 1.45 bits per heavy atom. The highest BCUT2D eigenvalue weighted by Crippen LogP contribution is 2.12. The number of hydrogen-bond acceptors (Lipinski definition) is 4. The van der Waals surface area contributed by atoms with Crippen molar-refractivity contribution in [1.82, 2.24) is 20.2 Å². The van der Waals surface area contributed by atoms with E-state index in [2.05, 4.69) is 29.4 Å². The SMILES string of the molecule is Nc1ncnc2[nH]nc(P)c12. The van der Waals surface area contributed by atoms with Gasteiger partial charge in [-0.15, -0.1) is 0 Å². The molecule has 5 nitrogen and oxygen atoms in total. The minimum atomic E-state index is 0.453. The second-order valence-corrected chi connectivity index (χ2v) is 2.64. The summed E-state index contributed by atoms with van der Waals surface area (Å²) < 4.78 is 0. The normalized spacial score (nSPS) is 10.6. The van der Waals surface area contributed by atoms with Gasteiger partial charge in [-0.2, -0.15) is 5.10 Å². The summed E-state index contributed by atoms with van der Waals surface area (Å²) in [6.07, 6.45) is 1.40. The molecule has 1 unspecified atom stereocenters. The molecular formula is C5H6N5P. The fourth-order valence-corrected chi connectivity index (χ4v) is 1.25. The third-order valence-electron chi connectivity index (χ3n) is 1.41. The average molecular weight is 167 g/mol. The second kappa shape index (κ2) is 2.13. The number of anilines is 1. The number of nitrogens with one attached hydrogen (secondary N) is 1. The zero-order valence-corrected chi connectivity index (χ0v) is 6.73. The summed E-state index contributed by atoms with van der Waals surface area (Å²) in [5.74, 6) is 0.453. The van der Waals surface area contributed by atoms with Crippen molar-refractivity contribution in [2.45, 2.75) is 0 Å². The van der Waals surface area contributed by atoms with Crippen molar-refractivity contribution in [3.63, 3.8) is 0 Å². The van der Waals surface area contributed by atoms with E-state index in [1.54, 1.807) is 0 Å². The lowest BCUT2D eigenvalue weighted by Gasteiger charge is -1.91. The quantitative estimate of drug-likeness (QED) is 0.515. The molecule has 6 heteroatoms. The van der Waals surface area contributed by atoms with Crippen LogP contribution in [0.15, 0.2) is 6.33 Å². The van der Waals surface area contributed by atoms with Crippen molar-refractivity contribution < 1.29 is 0 Å². The van der Waals surface area contributed by atoms with E-state index in [1.165, 1.54) is 6.33 Å². The summed E-state index contributed by atoms with van der Waals surface area (Å²) >= 11 is 0. The molecule has 0 spiro atoms. The van der Waals surface area contributed by atoms with Crippen LogP contribution >= 0.6 is 9.24 Å². The topological polar surface area (TPSA) is 80.5 Å². The number of fused-ring (bicyclic) bond motifs is 1. The largest absolute Gasteiger partial charge is 0.383 e. The lowest BCUT2D eigenvalue weighted by Crippen LogP contribution is -1.97. The van der Waals surface area contributed by atoms with E-state index in [4.69, 9.17) is 5.73 Å². The highest BCUT2D eigenvalue weighted by atomic mass is 31.0. The van der Waals surface area contributed by atoms with E-state index in [0.717, 1.165) is 10.8 Å². The zero-order valence-electron chi connectivity index (χ0n) is 5.57. The third kappa shape index (κ3) is 0.851. The minimum Gasteiger partial charge on any atom is -0.383 e. The van der Waals surface area contributed by atoms with Gasteiger partial charge in [-0.1, -0.05) is 9.24 Å². The Bertz CT molecular complexity index is 395. The van der Waals surface area contributed by atoms with Gasteiger partial charge < -0.3 is 5.73 Å². The first-order chi connectivity index (χ1) is 5.29. The zero-order chi connectivity index (χ0) is 7.84. The van der Waals surface area contributed by atoms with Crippen LogP contribution in [0.3, 0.4) is 0 Å². The molecule has 1 atom stereocenters. The van der Waals surface area contributed by atoms with Crippen molar-refractivity contribution >= 4 is 31.5 Å². The third-order valence-corrected chi connectivity index (χ3v) is 1.83. The lowest BCUT2D eigenvalue weighted by molar-refractivity contribution is 1.11. The van der Waals surface area contributed by atoms with E-state index in [-0.39, 0.29) is 0 Å². The van der Waals surface area contributed by atoms with Gasteiger partial charge in [0.05, 0.1) is 10.8 Å². The molecule has 0 aliphatic heterocycles. The van der Waals surface area contributed by atoms with Crippen LogP contribution < -0.4 is 11.2 Å². The van der Waals surface area contributed by atoms with Gasteiger partial charge in [0, 0.05) is 0 Å². The lowest BCUT2D eigenvalue weighted by atomic mass is 10.4. The summed E-state index contributed by atoms with van der Waals surface area (Å²) in [5.41, 5.74) is 6.99. The summed E-state index contributed by atoms with van der Waals surface area (Å²) in [6, 6.07) is 0. The van der Waals surface area contributed by atoms with Crippen molar-refractivity contribution in [3.8, 4) is 0 Å². The van der Waals surface area contributed by atoms with Gasteiger partial charge in [-0.05, 0) is 0 Å². The Kier molecular flexibility index (Phi) is 1.26. The predicted octanol–water partition coefficient (Wildman–Crippen LogP) is -0.565. The van der Waals surface area contributed by atoms with Gasteiger partial charge in [-0.25, -0.2) is 9.97 Å². The predicted molar refractivity (Wildman–Crippen MR) is 45.4 cm³/mol. The second-order valence-electron chi connectivity index (χ2n) is 2.09. The maximum absolute atomic E-state index is 5.58. The molecule has 0 aromatic carbocycles. The van der Waals surface area contributed by atoms with E-state index >= 15 is 0 Å². The molecule has 11 heavy (non-hydrogen) atoms. The summed E-state index contributed by atoms with van der Waals surface area (Å²) in [4.78, 5) is 7.77. The molecular weight excluding hydrogens is 161 g/mol. The number of H-pyrrole nitrogens is 1. The maximum Gasteiger partial charge on any atom is 0.161 e. The first-order valence-electron chi connectivity index (χ1n) is 2.99. The van der Waals surface area contributed by atoms with E-state index in [1.807, 2.05) is 0 Å². The van der Waals surface area contributed by atoms with Crippen molar-refractivity contribution in [1.29, 1.82) is 0 Å². The maximum atomic E-state index is 5.58. The first-order valence-corrected chi connectivity index (χ1v) is 3.57. The van der Waals surface area contributed by atoms with Gasteiger partial charge in [0.15, 0.2) is 5.65 Å². The van der Waals surface area contributed by atoms with E-state index in [9.17, 15) is 0 Å². The number of aromatic amines is 1. The number of hydrogen-bond donors (Lipinski definition) is 2. The number of rotatable bonds is 0. The molecule has 2 heterocycles. The minimum absolute atomic E-state index is 0.453. The summed E-state index contributed by atoms with van der Waals surface area (Å²) in [6.45, 7) is 0. The van der Waals surface area contributed by atoms with Crippen LogP contribution in [0.2, 0.25) is 0 Å². The molecule has 2 aromatic heterocycles. The molecule has 0 bridgehead atoms. The Hall–Kier alpha value is -1.22. The van der Waals surface area contributed by atoms with Crippen molar-refractivity contribution in [3.05, 3.63) is 6.33 Å². The van der Waals surface area contributed by atoms with Crippen LogP contribution in [-0.2, 0) is 0 Å². The molecule has 0 saturated carbocycles. The summed E-state index contributed by atoms with van der Waals surface area (Å²) in [7, 11) is 2.46. The molecule has 0 fully saturated rings. The average Bonchev–Trinajstić information content (AvgIpc) is 2.34. The van der Waals surface area contributed by atoms with Crippen LogP contribution in [-0.4, -0.2) is 20.2 Å². The standard InChI is InChI=1S/C5H6N5P/c6-3-2-4(8-1-7-3)9-10-5(2)11/h1H,11H2,(H3,6,7,8,9,10). The van der Waals surface area contributed by atoms with Crippen molar-refractivity contribution in [2.24, 2.45) is 0 Å². The monoisotopic (exact) mass is 167 g/mol. The molecule has 56 valence electrons. The molecule has 0 radical (unpaired) electrons. The van der Waals surface area contributed by atoms with Crippen molar-refractivity contribution in [2.75, 3.05) is 5.73 Å². The molecule has 0 aliphatic rings. The Labute approximate surface area is 64.6 Å². The number of aromatic nitrogens is 4. The summed E-state index contributed by atoms with van der Waals surface area (Å²) in [5, 5.41) is 7.41. The Morgan fingerprint density at radius 2 is 2.27 bits per heavy atom. The molecule has 0 amide bonds. The number of nitrogen functional groups attached to an aromatic ring is 1. The highest BCUT2D eigenvalue weighted by Gasteiger charge is 2.05. The van der Waals surface area contributed by atoms with Crippen LogP contribution in [0.1, 0.15) is 0 Å². The Balaban J connectivity index is 2.96. The van der Waals surface area contributed by atoms with E-state index < -0.39 is 0 Å². The van der Waals surface area contributed by atoms with Gasteiger partial charge in [-0.3, -0.25) is 5.10 Å². The fourth-order valence-electron chi connectivity index (χ4n) is 0.906. The highest BCUT2D eigenvalue weighted by molar-refractivity contribution is 7.28. The van der Waals surface area contributed by atoms with Gasteiger partial charge in [0.25, 0.3) is 0 Å². The smallest absolute Gasteiger partial charge is 0.161 e. The number of nitrogens with zero attached hydrogens (tertiary/aromatic N) is 3. The van der Waals surface area contributed by atoms with Gasteiger partial charge in [0.1, 0.15) is 12.1 Å². The Morgan fingerprint density at radius 3 is 3.00 bits per heavy atom. The fraction of sp³-hybridized carbons (Fsp3) is 0. The molecule has 2 rings (SSSR count). The van der Waals surface area contributed by atoms with Crippen LogP contribution in [0, 0.1) is 0 Å².